The van der Waals surface area contributed by atoms with Crippen LogP contribution in [0.4, 0.5) is 0 Å². The molecule has 1 aromatic rings. The Kier molecular flexibility index (Phi) is 7.62. The maximum Gasteiger partial charge on any atom is 0.252 e. The Morgan fingerprint density at radius 2 is 2.10 bits per heavy atom. The van der Waals surface area contributed by atoms with Crippen molar-refractivity contribution in [3.8, 4) is 5.75 Å². The zero-order chi connectivity index (χ0) is 15.0. The Morgan fingerprint density at radius 1 is 1.35 bits per heavy atom. The molecule has 0 aliphatic rings. The van der Waals surface area contributed by atoms with E-state index in [1.54, 1.807) is 13.2 Å². The Hall–Kier alpha value is -1.07. The molecule has 5 heteroatoms. The number of likely N-dealkylation sites (N-methyl/N-ethyl adjacent to an activating group) is 1. The number of hydrogen-bond acceptors (Lipinski definition) is 3. The largest absolute Gasteiger partial charge is 0.497 e. The van der Waals surface area contributed by atoms with Crippen molar-refractivity contribution in [2.24, 2.45) is 0 Å². The van der Waals surface area contributed by atoms with E-state index in [0.29, 0.717) is 17.9 Å². The molecule has 0 fully saturated rings. The molecule has 1 amide bonds. The van der Waals surface area contributed by atoms with Gasteiger partial charge in [0.2, 0.25) is 0 Å². The molecule has 1 N–H and O–H groups in total. The summed E-state index contributed by atoms with van der Waals surface area (Å²) in [5, 5.41) is 2.95. The molecule has 0 heterocycles. The summed E-state index contributed by atoms with van der Waals surface area (Å²) in [6.07, 6.45) is 1.13. The van der Waals surface area contributed by atoms with Crippen molar-refractivity contribution in [1.29, 1.82) is 0 Å². The van der Waals surface area contributed by atoms with Gasteiger partial charge in [-0.25, -0.2) is 0 Å². The molecular formula is C15H23BrN2O2. The molecule has 1 rings (SSSR count). The minimum Gasteiger partial charge on any atom is -0.497 e. The van der Waals surface area contributed by atoms with Crippen LogP contribution in [0, 0.1) is 0 Å². The Balaban J connectivity index is 2.54. The van der Waals surface area contributed by atoms with E-state index in [0.717, 1.165) is 30.5 Å². The van der Waals surface area contributed by atoms with E-state index in [-0.39, 0.29) is 5.91 Å². The molecule has 20 heavy (non-hydrogen) atoms. The number of halogens is 1. The average Bonchev–Trinajstić information content (AvgIpc) is 2.46. The van der Waals surface area contributed by atoms with E-state index in [4.69, 9.17) is 4.74 Å². The van der Waals surface area contributed by atoms with Crippen LogP contribution >= 0.6 is 15.9 Å². The number of ether oxygens (including phenoxy) is 1. The quantitative estimate of drug-likeness (QED) is 0.789. The number of hydrogen-bond donors (Lipinski definition) is 1. The van der Waals surface area contributed by atoms with Crippen molar-refractivity contribution < 1.29 is 9.53 Å². The fourth-order valence-corrected chi connectivity index (χ4v) is 2.40. The fourth-order valence-electron chi connectivity index (χ4n) is 1.97. The summed E-state index contributed by atoms with van der Waals surface area (Å²) in [6, 6.07) is 5.38. The lowest BCUT2D eigenvalue weighted by molar-refractivity contribution is 0.0947. The number of carbonyl (C=O) groups excluding carboxylic acids is 1. The van der Waals surface area contributed by atoms with Crippen molar-refractivity contribution in [3.05, 3.63) is 28.2 Å². The highest BCUT2D eigenvalue weighted by Crippen LogP contribution is 2.22. The molecule has 0 saturated heterocycles. The molecule has 0 unspecified atom stereocenters. The van der Waals surface area contributed by atoms with Gasteiger partial charge in [0.1, 0.15) is 5.75 Å². The van der Waals surface area contributed by atoms with Gasteiger partial charge in [-0.2, -0.15) is 0 Å². The van der Waals surface area contributed by atoms with Gasteiger partial charge in [0.15, 0.2) is 0 Å². The third kappa shape index (κ3) is 5.13. The van der Waals surface area contributed by atoms with E-state index in [1.165, 1.54) is 0 Å². The van der Waals surface area contributed by atoms with Gasteiger partial charge < -0.3 is 15.0 Å². The molecule has 0 atom stereocenters. The van der Waals surface area contributed by atoms with Gasteiger partial charge in [0.05, 0.1) is 12.7 Å². The average molecular weight is 343 g/mol. The number of carbonyl (C=O) groups is 1. The first-order valence-corrected chi connectivity index (χ1v) is 7.75. The summed E-state index contributed by atoms with van der Waals surface area (Å²) in [7, 11) is 1.59. The minimum absolute atomic E-state index is 0.0803. The van der Waals surface area contributed by atoms with Crippen LogP contribution in [0.3, 0.4) is 0 Å². The summed E-state index contributed by atoms with van der Waals surface area (Å²) < 4.78 is 5.92. The first kappa shape index (κ1) is 17.0. The second kappa shape index (κ2) is 8.97. The zero-order valence-corrected chi connectivity index (χ0v) is 14.0. The van der Waals surface area contributed by atoms with Crippen LogP contribution in [0.2, 0.25) is 0 Å². The summed E-state index contributed by atoms with van der Waals surface area (Å²) in [5.74, 6) is 0.600. The molecule has 0 aliphatic heterocycles. The first-order valence-electron chi connectivity index (χ1n) is 6.96. The first-order chi connectivity index (χ1) is 9.62. The van der Waals surface area contributed by atoms with Crippen LogP contribution in [0.15, 0.2) is 22.7 Å². The maximum absolute atomic E-state index is 12.1. The summed E-state index contributed by atoms with van der Waals surface area (Å²) >= 11 is 3.39. The number of methoxy groups -OCH3 is 1. The maximum atomic E-state index is 12.1. The highest BCUT2D eigenvalue weighted by atomic mass is 79.9. The second-order valence-electron chi connectivity index (χ2n) is 4.54. The van der Waals surface area contributed by atoms with E-state index < -0.39 is 0 Å². The van der Waals surface area contributed by atoms with E-state index >= 15 is 0 Å². The lowest BCUT2D eigenvalue weighted by Gasteiger charge is -2.19. The summed E-state index contributed by atoms with van der Waals surface area (Å²) in [4.78, 5) is 14.5. The fraction of sp³-hybridized carbons (Fsp3) is 0.533. The number of nitrogens with one attached hydrogen (secondary N) is 1. The lowest BCUT2D eigenvalue weighted by Crippen LogP contribution is -2.35. The van der Waals surface area contributed by atoms with Crippen LogP contribution in [0.5, 0.6) is 5.75 Å². The van der Waals surface area contributed by atoms with Crippen LogP contribution < -0.4 is 10.1 Å². The minimum atomic E-state index is -0.0803. The van der Waals surface area contributed by atoms with Gasteiger partial charge in [-0.05, 0) is 53.6 Å². The van der Waals surface area contributed by atoms with Crippen LogP contribution in [0.1, 0.15) is 30.6 Å². The third-order valence-corrected chi connectivity index (χ3v) is 3.81. The smallest absolute Gasteiger partial charge is 0.252 e. The normalized spacial score (nSPS) is 10.7. The van der Waals surface area contributed by atoms with Gasteiger partial charge in [-0.15, -0.1) is 0 Å². The van der Waals surface area contributed by atoms with Crippen LogP contribution in [-0.4, -0.2) is 44.1 Å². The molecule has 0 aliphatic carbocycles. The van der Waals surface area contributed by atoms with Gasteiger partial charge in [-0.1, -0.05) is 13.8 Å². The predicted octanol–water partition coefficient (Wildman–Crippen LogP) is 2.92. The van der Waals surface area contributed by atoms with Crippen molar-refractivity contribution in [2.45, 2.75) is 20.3 Å². The second-order valence-corrected chi connectivity index (χ2v) is 5.39. The SMILES string of the molecule is CCCN(CC)CCNC(=O)c1cc(OC)ccc1Br. The summed E-state index contributed by atoms with van der Waals surface area (Å²) in [5.41, 5.74) is 0.600. The molecule has 112 valence electrons. The summed E-state index contributed by atoms with van der Waals surface area (Å²) in [6.45, 7) is 7.89. The Morgan fingerprint density at radius 3 is 2.70 bits per heavy atom. The Bertz CT molecular complexity index is 438. The molecule has 0 bridgehead atoms. The van der Waals surface area contributed by atoms with Gasteiger partial charge in [-0.3, -0.25) is 4.79 Å². The van der Waals surface area contributed by atoms with Gasteiger partial charge >= 0.3 is 0 Å². The van der Waals surface area contributed by atoms with Crippen LogP contribution in [-0.2, 0) is 0 Å². The van der Waals surface area contributed by atoms with Crippen molar-refractivity contribution in [3.63, 3.8) is 0 Å². The van der Waals surface area contributed by atoms with E-state index in [1.807, 2.05) is 12.1 Å². The van der Waals surface area contributed by atoms with Crippen molar-refractivity contribution >= 4 is 21.8 Å². The predicted molar refractivity (Wildman–Crippen MR) is 85.4 cm³/mol. The molecule has 0 aromatic heterocycles. The molecule has 0 radical (unpaired) electrons. The van der Waals surface area contributed by atoms with Crippen molar-refractivity contribution in [2.75, 3.05) is 33.3 Å². The number of rotatable bonds is 8. The zero-order valence-electron chi connectivity index (χ0n) is 12.4. The molecule has 1 aromatic carbocycles. The third-order valence-electron chi connectivity index (χ3n) is 3.12. The van der Waals surface area contributed by atoms with E-state index in [2.05, 4.69) is 40.0 Å². The standard InChI is InChI=1S/C15H23BrN2O2/c1-4-9-18(5-2)10-8-17-15(19)13-11-12(20-3)6-7-14(13)16/h6-7,11H,4-5,8-10H2,1-3H3,(H,17,19). The van der Waals surface area contributed by atoms with Gasteiger partial charge in [0.25, 0.3) is 5.91 Å². The highest BCUT2D eigenvalue weighted by Gasteiger charge is 2.11. The van der Waals surface area contributed by atoms with Crippen molar-refractivity contribution in [1.82, 2.24) is 10.2 Å². The monoisotopic (exact) mass is 342 g/mol. The number of amides is 1. The van der Waals surface area contributed by atoms with Gasteiger partial charge in [0, 0.05) is 17.6 Å². The molecular weight excluding hydrogens is 320 g/mol. The molecule has 0 saturated carbocycles. The lowest BCUT2D eigenvalue weighted by atomic mass is 10.2. The van der Waals surface area contributed by atoms with Crippen LogP contribution in [0.25, 0.3) is 0 Å². The molecule has 0 spiro atoms. The topological polar surface area (TPSA) is 41.6 Å². The Labute approximate surface area is 129 Å². The molecule has 4 nitrogen and oxygen atoms in total. The number of nitrogens with zero attached hydrogens (tertiary/aromatic N) is 1. The number of benzene rings is 1. The highest BCUT2D eigenvalue weighted by molar-refractivity contribution is 9.10. The van der Waals surface area contributed by atoms with E-state index in [9.17, 15) is 4.79 Å².